The normalized spacial score (nSPS) is 10.9. The Kier molecular flexibility index (Phi) is 4.34. The molecule has 3 heteroatoms. The maximum absolute atomic E-state index is 5.77. The fraction of sp³-hybridized carbons (Fsp3) is 0.267. The third kappa shape index (κ3) is 3.56. The van der Waals surface area contributed by atoms with Crippen LogP contribution in [-0.4, -0.2) is 16.9 Å². The van der Waals surface area contributed by atoms with Gasteiger partial charge in [0, 0.05) is 19.3 Å². The predicted molar refractivity (Wildman–Crippen MR) is 75.6 cm³/mol. The zero-order valence-electron chi connectivity index (χ0n) is 10.7. The van der Waals surface area contributed by atoms with Crippen LogP contribution in [0.25, 0.3) is 0 Å². The van der Waals surface area contributed by atoms with Crippen molar-refractivity contribution >= 4 is 11.6 Å². The average Bonchev–Trinajstić information content (AvgIpc) is 2.35. The topological polar surface area (TPSA) is 16.1 Å². The summed E-state index contributed by atoms with van der Waals surface area (Å²) in [6, 6.07) is 12.3. The van der Waals surface area contributed by atoms with E-state index >= 15 is 0 Å². The zero-order chi connectivity index (χ0) is 13.0. The monoisotopic (exact) mass is 260 g/mol. The summed E-state index contributed by atoms with van der Waals surface area (Å²) in [5.74, 6) is 0. The standard InChI is InChI=1S/C15H17ClN2/c1-12-5-3-4-6-14(12)11-18(2)10-13-7-8-15(16)17-9-13/h3-9H,10-11H2,1-2H3. The van der Waals surface area contributed by atoms with Crippen LogP contribution in [0.5, 0.6) is 0 Å². The molecule has 2 rings (SSSR count). The van der Waals surface area contributed by atoms with Crippen LogP contribution < -0.4 is 0 Å². The molecule has 1 aromatic heterocycles. The number of hydrogen-bond acceptors (Lipinski definition) is 2. The van der Waals surface area contributed by atoms with Crippen molar-refractivity contribution in [2.45, 2.75) is 20.0 Å². The summed E-state index contributed by atoms with van der Waals surface area (Å²) in [6.45, 7) is 3.96. The van der Waals surface area contributed by atoms with Gasteiger partial charge in [-0.15, -0.1) is 0 Å². The van der Waals surface area contributed by atoms with Crippen molar-refractivity contribution in [1.29, 1.82) is 0 Å². The summed E-state index contributed by atoms with van der Waals surface area (Å²) in [5.41, 5.74) is 3.87. The second-order valence-corrected chi connectivity index (χ2v) is 4.98. The van der Waals surface area contributed by atoms with Crippen molar-refractivity contribution in [3.05, 3.63) is 64.4 Å². The molecule has 0 radical (unpaired) electrons. The second-order valence-electron chi connectivity index (χ2n) is 4.59. The van der Waals surface area contributed by atoms with Crippen molar-refractivity contribution < 1.29 is 0 Å². The Morgan fingerprint density at radius 2 is 1.89 bits per heavy atom. The zero-order valence-corrected chi connectivity index (χ0v) is 11.5. The van der Waals surface area contributed by atoms with E-state index in [2.05, 4.69) is 48.1 Å². The van der Waals surface area contributed by atoms with Crippen LogP contribution in [0.3, 0.4) is 0 Å². The minimum atomic E-state index is 0.542. The minimum absolute atomic E-state index is 0.542. The first-order valence-electron chi connectivity index (χ1n) is 5.98. The molecule has 0 saturated carbocycles. The highest BCUT2D eigenvalue weighted by molar-refractivity contribution is 6.29. The molecule has 2 aromatic rings. The van der Waals surface area contributed by atoms with Gasteiger partial charge in [0.1, 0.15) is 5.15 Å². The lowest BCUT2D eigenvalue weighted by molar-refractivity contribution is 0.318. The van der Waals surface area contributed by atoms with Crippen molar-refractivity contribution in [3.63, 3.8) is 0 Å². The highest BCUT2D eigenvalue weighted by Crippen LogP contribution is 2.12. The number of pyridine rings is 1. The summed E-state index contributed by atoms with van der Waals surface area (Å²) in [7, 11) is 2.11. The third-order valence-electron chi connectivity index (χ3n) is 2.94. The van der Waals surface area contributed by atoms with Gasteiger partial charge in [-0.25, -0.2) is 4.98 Å². The fourth-order valence-electron chi connectivity index (χ4n) is 1.95. The van der Waals surface area contributed by atoms with Gasteiger partial charge in [-0.2, -0.15) is 0 Å². The van der Waals surface area contributed by atoms with Gasteiger partial charge in [0.25, 0.3) is 0 Å². The SMILES string of the molecule is Cc1ccccc1CN(C)Cc1ccc(Cl)nc1. The van der Waals surface area contributed by atoms with Crippen molar-refractivity contribution in [1.82, 2.24) is 9.88 Å². The lowest BCUT2D eigenvalue weighted by Gasteiger charge is -2.17. The number of nitrogens with zero attached hydrogens (tertiary/aromatic N) is 2. The molecule has 1 aromatic carbocycles. The number of halogens is 1. The van der Waals surface area contributed by atoms with Crippen LogP contribution in [0.4, 0.5) is 0 Å². The van der Waals surface area contributed by atoms with E-state index in [0.717, 1.165) is 13.1 Å². The Morgan fingerprint density at radius 1 is 1.11 bits per heavy atom. The summed E-state index contributed by atoms with van der Waals surface area (Å²) in [5, 5.41) is 0.542. The number of benzene rings is 1. The quantitative estimate of drug-likeness (QED) is 0.780. The Morgan fingerprint density at radius 3 is 2.56 bits per heavy atom. The Balaban J connectivity index is 1.99. The summed E-state index contributed by atoms with van der Waals surface area (Å²) in [4.78, 5) is 6.37. The van der Waals surface area contributed by atoms with E-state index in [-0.39, 0.29) is 0 Å². The van der Waals surface area contributed by atoms with Crippen LogP contribution in [0.15, 0.2) is 42.6 Å². The minimum Gasteiger partial charge on any atom is -0.298 e. The molecule has 94 valence electrons. The van der Waals surface area contributed by atoms with E-state index in [1.165, 1.54) is 16.7 Å². The summed E-state index contributed by atoms with van der Waals surface area (Å²) >= 11 is 5.77. The number of hydrogen-bond donors (Lipinski definition) is 0. The Labute approximate surface area is 113 Å². The molecule has 0 fully saturated rings. The molecule has 1 heterocycles. The number of aromatic nitrogens is 1. The molecule has 0 unspecified atom stereocenters. The van der Waals surface area contributed by atoms with Gasteiger partial charge in [-0.3, -0.25) is 4.90 Å². The lowest BCUT2D eigenvalue weighted by atomic mass is 10.1. The fourth-order valence-corrected chi connectivity index (χ4v) is 2.06. The van der Waals surface area contributed by atoms with E-state index in [4.69, 9.17) is 11.6 Å². The van der Waals surface area contributed by atoms with Gasteiger partial charge in [0.15, 0.2) is 0 Å². The molecule has 0 atom stereocenters. The van der Waals surface area contributed by atoms with Gasteiger partial charge in [-0.05, 0) is 36.7 Å². The maximum Gasteiger partial charge on any atom is 0.129 e. The van der Waals surface area contributed by atoms with Crippen LogP contribution in [0.2, 0.25) is 5.15 Å². The Hall–Kier alpha value is -1.38. The van der Waals surface area contributed by atoms with E-state index in [1.54, 1.807) is 0 Å². The Bertz CT molecular complexity index is 508. The molecular formula is C15H17ClN2. The molecule has 2 nitrogen and oxygen atoms in total. The van der Waals surface area contributed by atoms with E-state index in [9.17, 15) is 0 Å². The predicted octanol–water partition coefficient (Wildman–Crippen LogP) is 3.68. The molecular weight excluding hydrogens is 244 g/mol. The molecule has 0 bridgehead atoms. The summed E-state index contributed by atoms with van der Waals surface area (Å²) < 4.78 is 0. The van der Waals surface area contributed by atoms with E-state index < -0.39 is 0 Å². The van der Waals surface area contributed by atoms with E-state index in [0.29, 0.717) is 5.15 Å². The largest absolute Gasteiger partial charge is 0.298 e. The van der Waals surface area contributed by atoms with Gasteiger partial charge in [-0.1, -0.05) is 41.9 Å². The molecule has 0 amide bonds. The maximum atomic E-state index is 5.77. The van der Waals surface area contributed by atoms with Crippen molar-refractivity contribution in [2.75, 3.05) is 7.05 Å². The van der Waals surface area contributed by atoms with E-state index in [1.807, 2.05) is 18.3 Å². The van der Waals surface area contributed by atoms with Crippen molar-refractivity contribution in [2.24, 2.45) is 0 Å². The first-order chi connectivity index (χ1) is 8.65. The smallest absolute Gasteiger partial charge is 0.129 e. The molecule has 0 aliphatic heterocycles. The van der Waals surface area contributed by atoms with Crippen molar-refractivity contribution in [3.8, 4) is 0 Å². The molecule has 18 heavy (non-hydrogen) atoms. The molecule has 0 spiro atoms. The van der Waals surface area contributed by atoms with Crippen LogP contribution in [0.1, 0.15) is 16.7 Å². The molecule has 0 aliphatic rings. The van der Waals surface area contributed by atoms with Gasteiger partial charge < -0.3 is 0 Å². The molecule has 0 N–H and O–H groups in total. The second kappa shape index (κ2) is 5.98. The first-order valence-corrected chi connectivity index (χ1v) is 6.36. The van der Waals surface area contributed by atoms with Gasteiger partial charge in [0.05, 0.1) is 0 Å². The van der Waals surface area contributed by atoms with Crippen LogP contribution in [0, 0.1) is 6.92 Å². The van der Waals surface area contributed by atoms with Gasteiger partial charge in [0.2, 0.25) is 0 Å². The highest BCUT2D eigenvalue weighted by atomic mass is 35.5. The lowest BCUT2D eigenvalue weighted by Crippen LogP contribution is -2.17. The molecule has 0 aliphatic carbocycles. The number of aryl methyl sites for hydroxylation is 1. The van der Waals surface area contributed by atoms with Crippen LogP contribution >= 0.6 is 11.6 Å². The average molecular weight is 261 g/mol. The molecule has 0 saturated heterocycles. The highest BCUT2D eigenvalue weighted by Gasteiger charge is 2.04. The summed E-state index contributed by atoms with van der Waals surface area (Å²) in [6.07, 6.45) is 1.83. The third-order valence-corrected chi connectivity index (χ3v) is 3.17. The first kappa shape index (κ1) is 13.1. The van der Waals surface area contributed by atoms with Gasteiger partial charge >= 0.3 is 0 Å². The van der Waals surface area contributed by atoms with Crippen LogP contribution in [-0.2, 0) is 13.1 Å². The number of rotatable bonds is 4.